The number of hydrogen-bond acceptors (Lipinski definition) is 6. The standard InChI is InChI=1S/C15H22N4O2/c1-4-5-19-6-7-20-11(9-19)13-17-14(21-18-13)12-10(8-16)15(12,2)3/h10-12H,4-7,9H2,1-3H3. The molecule has 0 amide bonds. The minimum Gasteiger partial charge on any atom is -0.367 e. The smallest absolute Gasteiger partial charge is 0.231 e. The molecule has 1 aliphatic carbocycles. The van der Waals surface area contributed by atoms with Crippen LogP contribution in [-0.4, -0.2) is 41.3 Å². The predicted octanol–water partition coefficient (Wildman–Crippen LogP) is 2.12. The lowest BCUT2D eigenvalue weighted by Gasteiger charge is -2.30. The lowest BCUT2D eigenvalue weighted by Crippen LogP contribution is -2.39. The molecule has 3 atom stereocenters. The van der Waals surface area contributed by atoms with Crippen LogP contribution in [0.2, 0.25) is 0 Å². The number of morpholine rings is 1. The minimum atomic E-state index is -0.120. The van der Waals surface area contributed by atoms with Gasteiger partial charge in [-0.3, -0.25) is 4.90 Å². The van der Waals surface area contributed by atoms with Crippen LogP contribution < -0.4 is 0 Å². The van der Waals surface area contributed by atoms with Crippen molar-refractivity contribution in [3.8, 4) is 6.07 Å². The van der Waals surface area contributed by atoms with E-state index >= 15 is 0 Å². The summed E-state index contributed by atoms with van der Waals surface area (Å²) in [5.74, 6) is 1.22. The number of rotatable bonds is 4. The monoisotopic (exact) mass is 290 g/mol. The second-order valence-electron chi connectivity index (χ2n) is 6.56. The second-order valence-corrected chi connectivity index (χ2v) is 6.56. The Kier molecular flexibility index (Phi) is 3.72. The second kappa shape index (κ2) is 5.39. The van der Waals surface area contributed by atoms with E-state index in [0.29, 0.717) is 18.3 Å². The highest BCUT2D eigenvalue weighted by Crippen LogP contribution is 2.63. The summed E-state index contributed by atoms with van der Waals surface area (Å²) < 4.78 is 11.2. The molecule has 0 radical (unpaired) electrons. The molecule has 6 heteroatoms. The molecule has 0 N–H and O–H groups in total. The van der Waals surface area contributed by atoms with Crippen molar-refractivity contribution in [3.63, 3.8) is 0 Å². The van der Waals surface area contributed by atoms with Gasteiger partial charge in [-0.25, -0.2) is 0 Å². The fourth-order valence-electron chi connectivity index (χ4n) is 3.22. The predicted molar refractivity (Wildman–Crippen MR) is 75.3 cm³/mol. The molecule has 1 aromatic heterocycles. The highest BCUT2D eigenvalue weighted by Gasteiger charge is 2.62. The van der Waals surface area contributed by atoms with E-state index in [4.69, 9.17) is 14.5 Å². The molecule has 21 heavy (non-hydrogen) atoms. The normalized spacial score (nSPS) is 31.8. The van der Waals surface area contributed by atoms with Crippen molar-refractivity contribution < 1.29 is 9.26 Å². The first kappa shape index (κ1) is 14.5. The Hall–Kier alpha value is -1.45. The number of nitrogens with zero attached hydrogens (tertiary/aromatic N) is 4. The molecule has 3 unspecified atom stereocenters. The largest absolute Gasteiger partial charge is 0.367 e. The van der Waals surface area contributed by atoms with Gasteiger partial charge in [-0.2, -0.15) is 10.2 Å². The van der Waals surface area contributed by atoms with Crippen molar-refractivity contribution in [2.45, 2.75) is 39.2 Å². The molecule has 2 heterocycles. The molecule has 6 nitrogen and oxygen atoms in total. The highest BCUT2D eigenvalue weighted by molar-refractivity contribution is 5.26. The van der Waals surface area contributed by atoms with Crippen LogP contribution in [0.3, 0.4) is 0 Å². The van der Waals surface area contributed by atoms with Gasteiger partial charge in [-0.05, 0) is 18.4 Å². The van der Waals surface area contributed by atoms with Crippen LogP contribution in [0, 0.1) is 22.7 Å². The maximum atomic E-state index is 9.15. The fourth-order valence-corrected chi connectivity index (χ4v) is 3.22. The number of hydrogen-bond donors (Lipinski definition) is 0. The molecule has 3 rings (SSSR count). The third-order valence-corrected chi connectivity index (χ3v) is 4.67. The van der Waals surface area contributed by atoms with Crippen molar-refractivity contribution >= 4 is 0 Å². The van der Waals surface area contributed by atoms with Crippen LogP contribution >= 0.6 is 0 Å². The Morgan fingerprint density at radius 3 is 2.95 bits per heavy atom. The SMILES string of the molecule is CCCN1CCOC(c2noc(C3C(C#N)C3(C)C)n2)C1. The zero-order chi connectivity index (χ0) is 15.0. The summed E-state index contributed by atoms with van der Waals surface area (Å²) in [6.45, 7) is 9.84. The van der Waals surface area contributed by atoms with Gasteiger partial charge in [-0.15, -0.1) is 0 Å². The molecule has 1 saturated carbocycles. The molecular formula is C15H22N4O2. The molecule has 114 valence electrons. The Balaban J connectivity index is 1.70. The van der Waals surface area contributed by atoms with E-state index in [2.05, 4.69) is 41.9 Å². The van der Waals surface area contributed by atoms with Crippen LogP contribution in [0.1, 0.15) is 50.9 Å². The quantitative estimate of drug-likeness (QED) is 0.845. The van der Waals surface area contributed by atoms with Crippen LogP contribution in [0.15, 0.2) is 4.52 Å². The van der Waals surface area contributed by atoms with E-state index in [0.717, 1.165) is 26.1 Å². The fraction of sp³-hybridized carbons (Fsp3) is 0.800. The highest BCUT2D eigenvalue weighted by atomic mass is 16.5. The first-order valence-electron chi connectivity index (χ1n) is 7.65. The Morgan fingerprint density at radius 2 is 2.29 bits per heavy atom. The Bertz CT molecular complexity index is 546. The summed E-state index contributed by atoms with van der Waals surface area (Å²) in [6.07, 6.45) is 1.01. The topological polar surface area (TPSA) is 75.2 Å². The summed E-state index contributed by atoms with van der Waals surface area (Å²) in [5, 5.41) is 13.2. The van der Waals surface area contributed by atoms with Gasteiger partial charge >= 0.3 is 0 Å². The van der Waals surface area contributed by atoms with Gasteiger partial charge in [0.2, 0.25) is 11.7 Å². The van der Waals surface area contributed by atoms with E-state index in [-0.39, 0.29) is 23.4 Å². The Labute approximate surface area is 125 Å². The first-order valence-corrected chi connectivity index (χ1v) is 7.65. The van der Waals surface area contributed by atoms with E-state index in [9.17, 15) is 0 Å². The average molecular weight is 290 g/mol. The number of nitriles is 1. The molecule has 0 bridgehead atoms. The lowest BCUT2D eigenvalue weighted by atomic mass is 10.1. The van der Waals surface area contributed by atoms with Crippen molar-refractivity contribution in [2.24, 2.45) is 11.3 Å². The minimum absolute atomic E-state index is 0.0327. The average Bonchev–Trinajstić information content (AvgIpc) is 2.83. The van der Waals surface area contributed by atoms with Crippen molar-refractivity contribution in [1.29, 1.82) is 5.26 Å². The summed E-state index contributed by atoms with van der Waals surface area (Å²) in [4.78, 5) is 6.87. The summed E-state index contributed by atoms with van der Waals surface area (Å²) >= 11 is 0. The maximum absolute atomic E-state index is 9.15. The summed E-state index contributed by atoms with van der Waals surface area (Å²) in [7, 11) is 0. The lowest BCUT2D eigenvalue weighted by molar-refractivity contribution is -0.0350. The van der Waals surface area contributed by atoms with Crippen molar-refractivity contribution in [1.82, 2.24) is 15.0 Å². The first-order chi connectivity index (χ1) is 10.1. The molecule has 0 aromatic carbocycles. The number of aromatic nitrogens is 2. The zero-order valence-electron chi connectivity index (χ0n) is 12.9. The van der Waals surface area contributed by atoms with Crippen LogP contribution in [0.25, 0.3) is 0 Å². The third kappa shape index (κ3) is 2.56. The van der Waals surface area contributed by atoms with E-state index in [1.54, 1.807) is 0 Å². The van der Waals surface area contributed by atoms with Gasteiger partial charge in [0.05, 0.1) is 24.5 Å². The van der Waals surface area contributed by atoms with Gasteiger partial charge in [0.25, 0.3) is 0 Å². The van der Waals surface area contributed by atoms with Crippen LogP contribution in [0.4, 0.5) is 0 Å². The molecule has 1 saturated heterocycles. The van der Waals surface area contributed by atoms with Crippen LogP contribution in [0.5, 0.6) is 0 Å². The summed E-state index contributed by atoms with van der Waals surface area (Å²) in [6, 6.07) is 2.32. The van der Waals surface area contributed by atoms with Crippen molar-refractivity contribution in [2.75, 3.05) is 26.2 Å². The maximum Gasteiger partial charge on any atom is 0.231 e. The van der Waals surface area contributed by atoms with Gasteiger partial charge in [0.15, 0.2) is 0 Å². The molecule has 0 spiro atoms. The van der Waals surface area contributed by atoms with Gasteiger partial charge in [0.1, 0.15) is 6.10 Å². The van der Waals surface area contributed by atoms with E-state index < -0.39 is 0 Å². The molecule has 2 aliphatic rings. The zero-order valence-corrected chi connectivity index (χ0v) is 12.9. The van der Waals surface area contributed by atoms with Crippen LogP contribution in [-0.2, 0) is 4.74 Å². The van der Waals surface area contributed by atoms with Crippen molar-refractivity contribution in [3.05, 3.63) is 11.7 Å². The Morgan fingerprint density at radius 1 is 1.48 bits per heavy atom. The van der Waals surface area contributed by atoms with Gasteiger partial charge in [0, 0.05) is 13.1 Å². The number of ether oxygens (including phenoxy) is 1. The summed E-state index contributed by atoms with van der Waals surface area (Å²) in [5.41, 5.74) is -0.0692. The van der Waals surface area contributed by atoms with Gasteiger partial charge in [-0.1, -0.05) is 25.9 Å². The third-order valence-electron chi connectivity index (χ3n) is 4.67. The molecular weight excluding hydrogens is 268 g/mol. The van der Waals surface area contributed by atoms with E-state index in [1.165, 1.54) is 0 Å². The van der Waals surface area contributed by atoms with Gasteiger partial charge < -0.3 is 9.26 Å². The molecule has 1 aliphatic heterocycles. The van der Waals surface area contributed by atoms with E-state index in [1.807, 2.05) is 0 Å². The molecule has 1 aromatic rings. The molecule has 2 fully saturated rings.